The number of rotatable bonds is 16. The van der Waals surface area contributed by atoms with Gasteiger partial charge < -0.3 is 56.5 Å². The summed E-state index contributed by atoms with van der Waals surface area (Å²) in [6.07, 6.45) is 3.53. The lowest BCUT2D eigenvalue weighted by Crippen LogP contribution is -2.41. The Labute approximate surface area is 535 Å². The van der Waals surface area contributed by atoms with E-state index in [-0.39, 0.29) is 45.7 Å². The number of pyridine rings is 2. The number of hydrogen-bond acceptors (Lipinski definition) is 16. The molecule has 0 amide bonds. The van der Waals surface area contributed by atoms with E-state index in [1.165, 1.54) is 0 Å². The lowest BCUT2D eigenvalue weighted by Gasteiger charge is -2.36. The summed E-state index contributed by atoms with van der Waals surface area (Å²) in [5, 5.41) is 31.5. The maximum atomic E-state index is 10.3. The average Bonchev–Trinajstić information content (AvgIpc) is 2.68. The van der Waals surface area contributed by atoms with Gasteiger partial charge in [0.1, 0.15) is 24.7 Å². The van der Waals surface area contributed by atoms with Gasteiger partial charge in [-0.15, -0.1) is 0 Å². The van der Waals surface area contributed by atoms with Gasteiger partial charge in [-0.2, -0.15) is 10.2 Å². The molecule has 482 valence electrons. The topological polar surface area (TPSA) is 194 Å². The first-order valence-corrected chi connectivity index (χ1v) is 37.2. The summed E-state index contributed by atoms with van der Waals surface area (Å²) in [4.78, 5) is 9.69. The Kier molecular flexibility index (Phi) is 20.4. The zero-order valence-electron chi connectivity index (χ0n) is 57.5. The van der Waals surface area contributed by atoms with Crippen molar-refractivity contribution in [2.24, 2.45) is 0 Å². The summed E-state index contributed by atoms with van der Waals surface area (Å²) < 4.78 is 65.8. The van der Waals surface area contributed by atoms with Crippen LogP contribution in [0.1, 0.15) is 164 Å². The molecule has 0 aliphatic carbocycles. The van der Waals surface area contributed by atoms with Crippen LogP contribution in [0.4, 0.5) is 0 Å². The molecule has 3 aliphatic heterocycles. The van der Waals surface area contributed by atoms with Crippen molar-refractivity contribution in [2.45, 2.75) is 247 Å². The molecule has 6 aromatic rings. The van der Waals surface area contributed by atoms with Crippen LogP contribution in [0.15, 0.2) is 77.5 Å². The highest BCUT2D eigenvalue weighted by Crippen LogP contribution is 2.44. The molecule has 0 radical (unpaired) electrons. The fraction of sp³-hybridized carbons (Fsp3) is 0.625. The maximum absolute atomic E-state index is 10.3. The van der Waals surface area contributed by atoms with Gasteiger partial charge in [0.05, 0.1) is 104 Å². The molecule has 0 bridgehead atoms. The number of fused-ring (bicyclic) bond motifs is 2. The predicted octanol–water partition coefficient (Wildman–Crippen LogP) is 13.5. The molecule has 3 fully saturated rings. The average molecular weight is 1310 g/mol. The van der Waals surface area contributed by atoms with Crippen molar-refractivity contribution in [1.82, 2.24) is 29.5 Å². The lowest BCUT2D eigenvalue weighted by molar-refractivity contribution is 0.00578. The van der Waals surface area contributed by atoms with Crippen molar-refractivity contribution in [3.8, 4) is 23.1 Å². The number of aromatic nitrogens is 6. The molecule has 3 aliphatic rings. The SMILES string of the molecule is CC(C)(O)COc1cc(B2OC(C)(C)C(C)(C)O2)cc2c1cnn2-c1cccc(CO[Si](C)(C)C(C)(C)C)n1.CC(C)(O)COc1cc(Br)cc2c1cnn2-c1cccc(CO[Si](C)(C)C(C)(C)C)n1.CC1(C)OB(B2OC(C)(C)C(C)(C)O2)OC1(C)C. The van der Waals surface area contributed by atoms with Gasteiger partial charge in [0, 0.05) is 4.47 Å². The quantitative estimate of drug-likeness (QED) is 0.0868. The second kappa shape index (κ2) is 25.1. The van der Waals surface area contributed by atoms with Crippen LogP contribution in [-0.2, 0) is 50.0 Å². The molecular weight excluding hydrogens is 1210 g/mol. The normalized spacial score (nSPS) is 19.0. The highest BCUT2D eigenvalue weighted by atomic mass is 79.9. The number of benzene rings is 2. The van der Waals surface area contributed by atoms with E-state index in [2.05, 4.69) is 93.9 Å². The molecule has 0 atom stereocenters. The summed E-state index contributed by atoms with van der Waals surface area (Å²) in [7, 11) is -5.31. The van der Waals surface area contributed by atoms with Gasteiger partial charge in [-0.25, -0.2) is 19.3 Å². The molecular formula is C64H100B3BrN6O12Si2. The third-order valence-electron chi connectivity index (χ3n) is 18.5. The van der Waals surface area contributed by atoms with Crippen molar-refractivity contribution < 1.29 is 56.5 Å². The summed E-state index contributed by atoms with van der Waals surface area (Å²) >= 11 is 3.56. The zero-order valence-corrected chi connectivity index (χ0v) is 61.1. The van der Waals surface area contributed by atoms with Crippen LogP contribution in [0.5, 0.6) is 11.5 Å². The molecule has 0 spiro atoms. The lowest BCUT2D eigenvalue weighted by atomic mass is 9.49. The number of nitrogens with zero attached hydrogens (tertiary/aromatic N) is 6. The molecule has 2 N–H and O–H groups in total. The van der Waals surface area contributed by atoms with Crippen LogP contribution in [-0.4, -0.2) is 136 Å². The Morgan fingerprint density at radius 3 is 1.19 bits per heavy atom. The van der Waals surface area contributed by atoms with Gasteiger partial charge in [-0.05, 0) is 201 Å². The van der Waals surface area contributed by atoms with E-state index < -0.39 is 60.2 Å². The van der Waals surface area contributed by atoms with E-state index in [0.717, 1.165) is 48.9 Å². The minimum Gasteiger partial charge on any atom is -0.490 e. The largest absolute Gasteiger partial charge is 0.495 e. The Bertz CT molecular complexity index is 3340. The van der Waals surface area contributed by atoms with Crippen molar-refractivity contribution in [1.29, 1.82) is 0 Å². The van der Waals surface area contributed by atoms with Crippen LogP contribution in [0.25, 0.3) is 33.4 Å². The van der Waals surface area contributed by atoms with Gasteiger partial charge in [-0.3, -0.25) is 0 Å². The van der Waals surface area contributed by atoms with E-state index in [1.54, 1.807) is 49.5 Å². The summed E-state index contributed by atoms with van der Waals surface area (Å²) in [6, 6.07) is 19.6. The van der Waals surface area contributed by atoms with Gasteiger partial charge in [-0.1, -0.05) is 69.6 Å². The fourth-order valence-corrected chi connectivity index (χ4v) is 11.0. The Morgan fingerprint density at radius 1 is 0.500 bits per heavy atom. The standard InChI is InChI=1S/C29H44BN3O5Si.C23H32BrN3O3Si.C12H24B2O4/c1-26(2,3)39(10,11)36-18-21-13-12-14-25(32-21)33-23-15-20(30-37-28(6,7)29(8,9)38-30)16-24(22(23)17-31-33)35-19-27(4,5)34;1-22(2,3)31(6,7)30-14-17-9-8-10-21(26-17)27-19-11-16(24)12-20(18(19)13-25-27)29-15-23(4,5)28;1-9(2)10(3,4)16-13(15-9)14-17-11(5,6)12(7,8)18-14/h12-17,34H,18-19H2,1-11H3;8-13,28H,14-15H2,1-7H3;1-8H3. The monoisotopic (exact) mass is 1310 g/mol. The van der Waals surface area contributed by atoms with E-state index in [9.17, 15) is 10.2 Å². The first kappa shape index (κ1) is 71.4. The number of hydrogen-bond donors (Lipinski definition) is 2. The maximum Gasteiger partial charge on any atom is 0.495 e. The van der Waals surface area contributed by atoms with Crippen LogP contribution in [0.2, 0.25) is 36.3 Å². The van der Waals surface area contributed by atoms with Crippen LogP contribution < -0.4 is 14.9 Å². The van der Waals surface area contributed by atoms with Gasteiger partial charge >= 0.3 is 21.1 Å². The van der Waals surface area contributed by atoms with E-state index in [4.69, 9.17) is 56.2 Å². The predicted molar refractivity (Wildman–Crippen MR) is 361 cm³/mol. The molecule has 24 heteroatoms. The van der Waals surface area contributed by atoms with Gasteiger partial charge in [0.2, 0.25) is 0 Å². The van der Waals surface area contributed by atoms with Crippen LogP contribution in [0, 0.1) is 0 Å². The summed E-state index contributed by atoms with van der Waals surface area (Å²) in [6.45, 7) is 54.8. The zero-order chi connectivity index (χ0) is 66.0. The highest BCUT2D eigenvalue weighted by Gasteiger charge is 2.64. The minimum absolute atomic E-state index is 0.117. The van der Waals surface area contributed by atoms with E-state index in [1.807, 2.05) is 144 Å². The van der Waals surface area contributed by atoms with Crippen molar-refractivity contribution in [2.75, 3.05) is 13.2 Å². The van der Waals surface area contributed by atoms with Crippen LogP contribution >= 0.6 is 15.9 Å². The molecule has 7 heterocycles. The summed E-state index contributed by atoms with van der Waals surface area (Å²) in [5.74, 6) is 2.66. The second-order valence-corrected chi connectivity index (χ2v) is 41.5. The Balaban J connectivity index is 0.000000201. The van der Waals surface area contributed by atoms with Crippen molar-refractivity contribution in [3.05, 3.63) is 88.9 Å². The number of aliphatic hydroxyl groups is 2. The molecule has 2 aromatic carbocycles. The molecule has 3 saturated heterocycles. The van der Waals surface area contributed by atoms with Gasteiger partial charge in [0.25, 0.3) is 0 Å². The third-order valence-corrected chi connectivity index (χ3v) is 27.9. The highest BCUT2D eigenvalue weighted by molar-refractivity contribution is 9.10. The molecule has 4 aromatic heterocycles. The molecule has 0 unspecified atom stereocenters. The Hall–Kier alpha value is -4.01. The van der Waals surface area contributed by atoms with Crippen molar-refractivity contribution >= 4 is 81.0 Å². The fourth-order valence-electron chi connectivity index (χ4n) is 8.68. The first-order valence-electron chi connectivity index (χ1n) is 30.6. The third kappa shape index (κ3) is 16.4. The summed E-state index contributed by atoms with van der Waals surface area (Å²) in [5.41, 5.74) is -0.120. The molecule has 0 saturated carbocycles. The number of halogens is 1. The van der Waals surface area contributed by atoms with Crippen LogP contribution in [0.3, 0.4) is 0 Å². The second-order valence-electron chi connectivity index (χ2n) is 31.0. The minimum atomic E-state index is -1.92. The van der Waals surface area contributed by atoms with Crippen molar-refractivity contribution in [3.63, 3.8) is 0 Å². The molecule has 88 heavy (non-hydrogen) atoms. The molecule has 9 rings (SSSR count). The molecule has 18 nitrogen and oxygen atoms in total. The smallest absolute Gasteiger partial charge is 0.490 e. The van der Waals surface area contributed by atoms with Gasteiger partial charge in [0.15, 0.2) is 28.3 Å². The first-order chi connectivity index (χ1) is 39.9. The number of ether oxygens (including phenoxy) is 2. The van der Waals surface area contributed by atoms with E-state index >= 15 is 0 Å². The van der Waals surface area contributed by atoms with E-state index in [0.29, 0.717) is 30.5 Å². The Morgan fingerprint density at radius 2 is 0.841 bits per heavy atom.